The SMILES string of the molecule is CC(C)C(C)N1CCCC(CN)C1. The van der Waals surface area contributed by atoms with Crippen molar-refractivity contribution in [2.45, 2.75) is 39.7 Å². The van der Waals surface area contributed by atoms with Crippen LogP contribution in [0.15, 0.2) is 0 Å². The Morgan fingerprint density at radius 2 is 2.08 bits per heavy atom. The van der Waals surface area contributed by atoms with Crippen LogP contribution in [-0.2, 0) is 0 Å². The lowest BCUT2D eigenvalue weighted by atomic mass is 9.94. The molecule has 1 rings (SSSR count). The highest BCUT2D eigenvalue weighted by Gasteiger charge is 2.23. The summed E-state index contributed by atoms with van der Waals surface area (Å²) in [6, 6.07) is 0.717. The van der Waals surface area contributed by atoms with E-state index in [4.69, 9.17) is 5.73 Å². The first-order valence-electron chi connectivity index (χ1n) is 5.59. The molecule has 1 aliphatic heterocycles. The summed E-state index contributed by atoms with van der Waals surface area (Å²) in [6.45, 7) is 10.3. The van der Waals surface area contributed by atoms with Crippen LogP contribution in [0.5, 0.6) is 0 Å². The molecule has 2 atom stereocenters. The molecule has 2 nitrogen and oxygen atoms in total. The Hall–Kier alpha value is -0.0800. The van der Waals surface area contributed by atoms with Crippen LogP contribution >= 0.6 is 0 Å². The minimum Gasteiger partial charge on any atom is -0.330 e. The lowest BCUT2D eigenvalue weighted by Crippen LogP contribution is -2.45. The molecule has 0 amide bonds. The molecule has 0 aromatic rings. The van der Waals surface area contributed by atoms with Crippen LogP contribution in [0.2, 0.25) is 0 Å². The molecule has 0 aromatic heterocycles. The summed E-state index contributed by atoms with van der Waals surface area (Å²) >= 11 is 0. The first-order chi connectivity index (χ1) is 6.15. The lowest BCUT2D eigenvalue weighted by molar-refractivity contribution is 0.108. The van der Waals surface area contributed by atoms with E-state index in [-0.39, 0.29) is 0 Å². The first kappa shape index (κ1) is 11.0. The molecule has 1 heterocycles. The normalized spacial score (nSPS) is 27.9. The summed E-state index contributed by atoms with van der Waals surface area (Å²) in [5, 5.41) is 0. The van der Waals surface area contributed by atoms with Crippen molar-refractivity contribution >= 4 is 0 Å². The second-order valence-corrected chi connectivity index (χ2v) is 4.72. The standard InChI is InChI=1S/C11H24N2/c1-9(2)10(3)13-6-4-5-11(7-12)8-13/h9-11H,4-8,12H2,1-3H3. The van der Waals surface area contributed by atoms with E-state index in [9.17, 15) is 0 Å². The maximum Gasteiger partial charge on any atom is 0.00900 e. The van der Waals surface area contributed by atoms with Crippen molar-refractivity contribution in [3.8, 4) is 0 Å². The van der Waals surface area contributed by atoms with Gasteiger partial charge in [-0.2, -0.15) is 0 Å². The highest BCUT2D eigenvalue weighted by atomic mass is 15.2. The van der Waals surface area contributed by atoms with Crippen molar-refractivity contribution in [3.63, 3.8) is 0 Å². The predicted octanol–water partition coefficient (Wildman–Crippen LogP) is 1.70. The molecule has 1 fully saturated rings. The molecule has 78 valence electrons. The van der Waals surface area contributed by atoms with Gasteiger partial charge in [-0.05, 0) is 44.7 Å². The Morgan fingerprint density at radius 3 is 2.62 bits per heavy atom. The monoisotopic (exact) mass is 184 g/mol. The van der Waals surface area contributed by atoms with E-state index >= 15 is 0 Å². The predicted molar refractivity (Wildman–Crippen MR) is 57.7 cm³/mol. The van der Waals surface area contributed by atoms with Gasteiger partial charge in [-0.15, -0.1) is 0 Å². The average Bonchev–Trinajstić information content (AvgIpc) is 2.16. The third-order valence-corrected chi connectivity index (χ3v) is 3.42. The second kappa shape index (κ2) is 4.97. The van der Waals surface area contributed by atoms with Crippen LogP contribution < -0.4 is 5.73 Å². The molecule has 0 aliphatic carbocycles. The molecule has 1 saturated heterocycles. The van der Waals surface area contributed by atoms with E-state index in [2.05, 4.69) is 25.7 Å². The van der Waals surface area contributed by atoms with Gasteiger partial charge < -0.3 is 10.6 Å². The van der Waals surface area contributed by atoms with Gasteiger partial charge in [0.15, 0.2) is 0 Å². The maximum absolute atomic E-state index is 5.72. The van der Waals surface area contributed by atoms with Crippen LogP contribution in [0.25, 0.3) is 0 Å². The average molecular weight is 184 g/mol. The first-order valence-corrected chi connectivity index (χ1v) is 5.59. The molecule has 0 spiro atoms. The number of likely N-dealkylation sites (tertiary alicyclic amines) is 1. The molecule has 2 unspecified atom stereocenters. The highest BCUT2D eigenvalue weighted by molar-refractivity contribution is 4.78. The summed E-state index contributed by atoms with van der Waals surface area (Å²) in [5.41, 5.74) is 5.72. The molecule has 0 radical (unpaired) electrons. The van der Waals surface area contributed by atoms with Crippen molar-refractivity contribution in [2.75, 3.05) is 19.6 Å². The summed E-state index contributed by atoms with van der Waals surface area (Å²) in [5.74, 6) is 1.51. The van der Waals surface area contributed by atoms with Gasteiger partial charge in [0.1, 0.15) is 0 Å². The maximum atomic E-state index is 5.72. The molecular formula is C11H24N2. The van der Waals surface area contributed by atoms with Crippen LogP contribution in [0.1, 0.15) is 33.6 Å². The van der Waals surface area contributed by atoms with Gasteiger partial charge in [0.25, 0.3) is 0 Å². The van der Waals surface area contributed by atoms with Crippen molar-refractivity contribution < 1.29 is 0 Å². The van der Waals surface area contributed by atoms with E-state index in [0.717, 1.165) is 18.4 Å². The molecule has 0 bridgehead atoms. The van der Waals surface area contributed by atoms with Gasteiger partial charge in [-0.1, -0.05) is 13.8 Å². The molecular weight excluding hydrogens is 160 g/mol. The smallest absolute Gasteiger partial charge is 0.00900 e. The van der Waals surface area contributed by atoms with Crippen molar-refractivity contribution in [2.24, 2.45) is 17.6 Å². The van der Waals surface area contributed by atoms with E-state index < -0.39 is 0 Å². The third-order valence-electron chi connectivity index (χ3n) is 3.42. The Labute approximate surface area is 82.5 Å². The minimum absolute atomic E-state index is 0.717. The second-order valence-electron chi connectivity index (χ2n) is 4.72. The zero-order valence-corrected chi connectivity index (χ0v) is 9.29. The number of piperidine rings is 1. The summed E-state index contributed by atoms with van der Waals surface area (Å²) in [4.78, 5) is 2.60. The molecule has 2 heteroatoms. The van der Waals surface area contributed by atoms with Crippen molar-refractivity contribution in [1.82, 2.24) is 4.90 Å². The summed E-state index contributed by atoms with van der Waals surface area (Å²) in [6.07, 6.45) is 2.66. The molecule has 1 aliphatic rings. The van der Waals surface area contributed by atoms with Gasteiger partial charge in [0.05, 0.1) is 0 Å². The van der Waals surface area contributed by atoms with E-state index in [1.807, 2.05) is 0 Å². The third kappa shape index (κ3) is 2.96. The van der Waals surface area contributed by atoms with Gasteiger partial charge in [-0.3, -0.25) is 0 Å². The zero-order valence-electron chi connectivity index (χ0n) is 9.29. The van der Waals surface area contributed by atoms with Gasteiger partial charge >= 0.3 is 0 Å². The molecule has 0 aromatic carbocycles. The van der Waals surface area contributed by atoms with Crippen LogP contribution in [-0.4, -0.2) is 30.6 Å². The lowest BCUT2D eigenvalue weighted by Gasteiger charge is -2.38. The minimum atomic E-state index is 0.717. The van der Waals surface area contributed by atoms with E-state index in [0.29, 0.717) is 6.04 Å². The van der Waals surface area contributed by atoms with Crippen LogP contribution in [0.3, 0.4) is 0 Å². The van der Waals surface area contributed by atoms with Crippen LogP contribution in [0, 0.1) is 11.8 Å². The summed E-state index contributed by atoms with van der Waals surface area (Å²) < 4.78 is 0. The fourth-order valence-corrected chi connectivity index (χ4v) is 2.08. The van der Waals surface area contributed by atoms with E-state index in [1.54, 1.807) is 0 Å². The molecule has 2 N–H and O–H groups in total. The number of nitrogens with zero attached hydrogens (tertiary/aromatic N) is 1. The van der Waals surface area contributed by atoms with Crippen molar-refractivity contribution in [1.29, 1.82) is 0 Å². The molecule has 0 saturated carbocycles. The van der Waals surface area contributed by atoms with Gasteiger partial charge in [0.2, 0.25) is 0 Å². The topological polar surface area (TPSA) is 29.3 Å². The fraction of sp³-hybridized carbons (Fsp3) is 1.00. The Bertz CT molecular complexity index is 145. The highest BCUT2D eigenvalue weighted by Crippen LogP contribution is 2.20. The van der Waals surface area contributed by atoms with Crippen molar-refractivity contribution in [3.05, 3.63) is 0 Å². The number of nitrogens with two attached hydrogens (primary N) is 1. The molecule has 13 heavy (non-hydrogen) atoms. The van der Waals surface area contributed by atoms with Gasteiger partial charge in [0, 0.05) is 12.6 Å². The quantitative estimate of drug-likeness (QED) is 0.723. The largest absolute Gasteiger partial charge is 0.330 e. The fourth-order valence-electron chi connectivity index (χ4n) is 2.08. The Kier molecular flexibility index (Phi) is 4.20. The Morgan fingerprint density at radius 1 is 1.38 bits per heavy atom. The zero-order chi connectivity index (χ0) is 9.84. The Balaban J connectivity index is 2.41. The number of hydrogen-bond donors (Lipinski definition) is 1. The number of rotatable bonds is 3. The summed E-state index contributed by atoms with van der Waals surface area (Å²) in [7, 11) is 0. The van der Waals surface area contributed by atoms with E-state index in [1.165, 1.54) is 25.9 Å². The van der Waals surface area contributed by atoms with Crippen LogP contribution in [0.4, 0.5) is 0 Å². The van der Waals surface area contributed by atoms with Gasteiger partial charge in [-0.25, -0.2) is 0 Å². The number of hydrogen-bond acceptors (Lipinski definition) is 2.